The molecule has 1 aliphatic carbocycles. The van der Waals surface area contributed by atoms with Crippen molar-refractivity contribution in [1.29, 1.82) is 0 Å². The van der Waals surface area contributed by atoms with Gasteiger partial charge in [-0.15, -0.1) is 23.2 Å². The summed E-state index contributed by atoms with van der Waals surface area (Å²) in [5.74, 6) is -2.96. The van der Waals surface area contributed by atoms with Crippen LogP contribution in [0.4, 0.5) is 15.8 Å². The van der Waals surface area contributed by atoms with E-state index in [-0.39, 0.29) is 16.3 Å². The number of alkyl halides is 2. The Labute approximate surface area is 220 Å². The molecule has 4 nitrogen and oxygen atoms in total. The van der Waals surface area contributed by atoms with Gasteiger partial charge in [0.25, 0.3) is 5.91 Å². The van der Waals surface area contributed by atoms with E-state index in [0.29, 0.717) is 26.9 Å². The Hall–Kier alpha value is -2.02. The predicted octanol–water partition coefficient (Wildman–Crippen LogP) is 7.87. The van der Waals surface area contributed by atoms with Crippen LogP contribution in [0.25, 0.3) is 0 Å². The number of anilines is 2. The molecule has 3 aromatic carbocycles. The van der Waals surface area contributed by atoms with Gasteiger partial charge in [0, 0.05) is 21.7 Å². The van der Waals surface area contributed by atoms with Gasteiger partial charge in [0.05, 0.1) is 22.2 Å². The minimum absolute atomic E-state index is 0.0103. The molecule has 10 heteroatoms. The fourth-order valence-electron chi connectivity index (χ4n) is 3.73. The van der Waals surface area contributed by atoms with Crippen LogP contribution in [0.5, 0.6) is 0 Å². The highest BCUT2D eigenvalue weighted by molar-refractivity contribution is 6.53. The highest BCUT2D eigenvalue weighted by atomic mass is 35.5. The summed E-state index contributed by atoms with van der Waals surface area (Å²) >= 11 is 31.1. The van der Waals surface area contributed by atoms with Gasteiger partial charge in [-0.3, -0.25) is 9.59 Å². The van der Waals surface area contributed by atoms with Gasteiger partial charge in [-0.05, 0) is 66.6 Å². The van der Waals surface area contributed by atoms with Gasteiger partial charge in [-0.1, -0.05) is 40.9 Å². The van der Waals surface area contributed by atoms with Crippen LogP contribution < -0.4 is 10.6 Å². The first-order valence-electron chi connectivity index (χ1n) is 9.99. The smallest absolute Gasteiger partial charge is 0.257 e. The van der Waals surface area contributed by atoms with E-state index in [9.17, 15) is 14.0 Å². The van der Waals surface area contributed by atoms with Gasteiger partial charge < -0.3 is 10.6 Å². The van der Waals surface area contributed by atoms with Crippen molar-refractivity contribution in [2.24, 2.45) is 5.92 Å². The lowest BCUT2D eigenvalue weighted by Crippen LogP contribution is -2.18. The van der Waals surface area contributed by atoms with Crippen LogP contribution in [0.15, 0.2) is 54.6 Å². The second-order valence-electron chi connectivity index (χ2n) is 7.95. The van der Waals surface area contributed by atoms with Gasteiger partial charge in [-0.25, -0.2) is 4.39 Å². The second-order valence-corrected chi connectivity index (χ2v) is 10.7. The number of benzene rings is 3. The maximum atomic E-state index is 14.1. The fraction of sp³-hybridized carbons (Fsp3) is 0.167. The van der Waals surface area contributed by atoms with E-state index in [1.807, 2.05) is 0 Å². The molecule has 0 spiro atoms. The minimum atomic E-state index is -1.35. The van der Waals surface area contributed by atoms with Crippen LogP contribution >= 0.6 is 58.0 Å². The average molecular weight is 561 g/mol. The van der Waals surface area contributed by atoms with Crippen molar-refractivity contribution in [3.63, 3.8) is 0 Å². The van der Waals surface area contributed by atoms with Crippen molar-refractivity contribution in [2.75, 3.05) is 10.6 Å². The Morgan fingerprint density at radius 2 is 1.59 bits per heavy atom. The van der Waals surface area contributed by atoms with Gasteiger partial charge in [0.1, 0.15) is 10.2 Å². The summed E-state index contributed by atoms with van der Waals surface area (Å²) in [4.78, 5) is 25.7. The van der Waals surface area contributed by atoms with E-state index >= 15 is 0 Å². The lowest BCUT2D eigenvalue weighted by atomic mass is 10.1. The summed E-state index contributed by atoms with van der Waals surface area (Å²) in [5, 5.41) is 6.12. The zero-order valence-electron chi connectivity index (χ0n) is 17.4. The van der Waals surface area contributed by atoms with Crippen molar-refractivity contribution in [2.45, 2.75) is 17.2 Å². The number of amides is 2. The number of carbonyl (C=O) groups is 2. The van der Waals surface area contributed by atoms with Gasteiger partial charge in [0.2, 0.25) is 5.91 Å². The molecule has 1 aliphatic rings. The monoisotopic (exact) mass is 558 g/mol. The first-order valence-corrected chi connectivity index (χ1v) is 11.9. The average Bonchev–Trinajstić information content (AvgIpc) is 3.33. The first kappa shape index (κ1) is 25.1. The minimum Gasteiger partial charge on any atom is -0.326 e. The van der Waals surface area contributed by atoms with Crippen LogP contribution in [0.2, 0.25) is 15.1 Å². The number of carbonyl (C=O) groups excluding carboxylic acids is 2. The van der Waals surface area contributed by atoms with Crippen molar-refractivity contribution in [3.8, 4) is 0 Å². The molecule has 0 bridgehead atoms. The molecule has 0 aliphatic heterocycles. The lowest BCUT2D eigenvalue weighted by Gasteiger charge is -2.11. The van der Waals surface area contributed by atoms with E-state index in [1.54, 1.807) is 31.2 Å². The van der Waals surface area contributed by atoms with Gasteiger partial charge >= 0.3 is 0 Å². The van der Waals surface area contributed by atoms with Crippen molar-refractivity contribution in [3.05, 3.63) is 92.2 Å². The molecule has 1 saturated carbocycles. The molecule has 0 heterocycles. The molecule has 2 N–H and O–H groups in total. The molecule has 2 amide bonds. The molecular weight excluding hydrogens is 545 g/mol. The highest BCUT2D eigenvalue weighted by Gasteiger charge is 2.67. The normalized spacial score (nSPS) is 18.3. The standard InChI is InChI=1S/C24H16Cl5FN2O2/c1-11-2-5-19(18(30)6-11)32-22(33)16-10-15(3-4-17(16)27)31-23(34)21-20(24(21,28)29)12-7-13(25)9-14(26)8-12/h2-10,20-21H,1H3,(H,31,34)(H,32,33)/t20-,21+/m0/s1. The van der Waals surface area contributed by atoms with Gasteiger partial charge in [0.15, 0.2) is 0 Å². The Bertz CT molecular complexity index is 1290. The highest BCUT2D eigenvalue weighted by Crippen LogP contribution is 2.65. The maximum Gasteiger partial charge on any atom is 0.257 e. The van der Waals surface area contributed by atoms with Crippen LogP contribution in [0.3, 0.4) is 0 Å². The SMILES string of the molecule is Cc1ccc(NC(=O)c2cc(NC(=O)[C@H]3[C@H](c4cc(Cl)cc(Cl)c4)C3(Cl)Cl)ccc2Cl)c(F)c1. The second kappa shape index (κ2) is 9.56. The number of hydrogen-bond donors (Lipinski definition) is 2. The summed E-state index contributed by atoms with van der Waals surface area (Å²) in [6.07, 6.45) is 0. The topological polar surface area (TPSA) is 58.2 Å². The molecule has 1 fully saturated rings. The Morgan fingerprint density at radius 3 is 2.24 bits per heavy atom. The molecule has 176 valence electrons. The quantitative estimate of drug-likeness (QED) is 0.312. The lowest BCUT2D eigenvalue weighted by molar-refractivity contribution is -0.117. The summed E-state index contributed by atoms with van der Waals surface area (Å²) in [6.45, 7) is 1.74. The van der Waals surface area contributed by atoms with Crippen LogP contribution in [-0.4, -0.2) is 16.1 Å². The fourth-order valence-corrected chi connectivity index (χ4v) is 5.31. The summed E-state index contributed by atoms with van der Waals surface area (Å²) in [6, 6.07) is 13.7. The maximum absolute atomic E-state index is 14.1. The first-order chi connectivity index (χ1) is 16.0. The van der Waals surface area contributed by atoms with Crippen molar-refractivity contribution >= 4 is 81.2 Å². The number of halogens is 6. The third-order valence-corrected chi connectivity index (χ3v) is 7.14. The van der Waals surface area contributed by atoms with Crippen LogP contribution in [-0.2, 0) is 4.79 Å². The zero-order chi connectivity index (χ0) is 24.8. The molecular formula is C24H16Cl5FN2O2. The van der Waals surface area contributed by atoms with E-state index in [2.05, 4.69) is 10.6 Å². The van der Waals surface area contributed by atoms with Crippen LogP contribution in [0.1, 0.15) is 27.4 Å². The number of hydrogen-bond acceptors (Lipinski definition) is 2. The molecule has 3 aromatic rings. The Balaban J connectivity index is 1.52. The van der Waals surface area contributed by atoms with Crippen molar-refractivity contribution in [1.82, 2.24) is 0 Å². The largest absolute Gasteiger partial charge is 0.326 e. The summed E-state index contributed by atoms with van der Waals surface area (Å²) in [5.41, 5.74) is 1.71. The molecule has 0 aromatic heterocycles. The molecule has 0 radical (unpaired) electrons. The van der Waals surface area contributed by atoms with Crippen molar-refractivity contribution < 1.29 is 14.0 Å². The number of nitrogens with one attached hydrogen (secondary N) is 2. The van der Waals surface area contributed by atoms with Crippen LogP contribution in [0, 0.1) is 18.7 Å². The third kappa shape index (κ3) is 5.14. The Kier molecular flexibility index (Phi) is 7.05. The molecule has 0 saturated heterocycles. The van der Waals surface area contributed by atoms with Gasteiger partial charge in [-0.2, -0.15) is 0 Å². The van der Waals surface area contributed by atoms with E-state index < -0.39 is 33.8 Å². The zero-order valence-corrected chi connectivity index (χ0v) is 21.2. The van der Waals surface area contributed by atoms with E-state index in [4.69, 9.17) is 58.0 Å². The Morgan fingerprint density at radius 1 is 0.912 bits per heavy atom. The number of aryl methyl sites for hydroxylation is 1. The molecule has 0 unspecified atom stereocenters. The summed E-state index contributed by atoms with van der Waals surface area (Å²) < 4.78 is 12.8. The molecule has 34 heavy (non-hydrogen) atoms. The third-order valence-electron chi connectivity index (χ3n) is 5.43. The number of rotatable bonds is 5. The molecule has 2 atom stereocenters. The molecule has 4 rings (SSSR count). The van der Waals surface area contributed by atoms with E-state index in [0.717, 1.165) is 0 Å². The summed E-state index contributed by atoms with van der Waals surface area (Å²) in [7, 11) is 0. The van der Waals surface area contributed by atoms with E-state index in [1.165, 1.54) is 30.3 Å². The predicted molar refractivity (Wildman–Crippen MR) is 136 cm³/mol.